The molecule has 3 aromatic rings. The average Bonchev–Trinajstić information content (AvgIpc) is 3.22. The third-order valence-corrected chi connectivity index (χ3v) is 5.20. The molecule has 164 valence electrons. The van der Waals surface area contributed by atoms with Gasteiger partial charge in [0.25, 0.3) is 0 Å². The minimum Gasteiger partial charge on any atom is -0.494 e. The first kappa shape index (κ1) is 21.1. The molecule has 0 radical (unpaired) electrons. The zero-order chi connectivity index (χ0) is 22.7. The number of methoxy groups -OCH3 is 1. The molecule has 0 spiro atoms. The lowest BCUT2D eigenvalue weighted by Crippen LogP contribution is -2.21. The molecule has 0 amide bonds. The quantitative estimate of drug-likeness (QED) is 0.577. The summed E-state index contributed by atoms with van der Waals surface area (Å²) in [4.78, 5) is 0. The molecule has 32 heavy (non-hydrogen) atoms. The van der Waals surface area contributed by atoms with E-state index in [1.54, 1.807) is 7.11 Å². The highest BCUT2D eigenvalue weighted by Crippen LogP contribution is 2.49. The molecule has 0 fully saturated rings. The van der Waals surface area contributed by atoms with Crippen molar-refractivity contribution in [3.8, 4) is 40.5 Å². The van der Waals surface area contributed by atoms with E-state index in [1.165, 1.54) is 0 Å². The number of allylic oxidation sites excluding steroid dienone is 1. The molecule has 0 bridgehead atoms. The fraction of sp³-hybridized carbons (Fsp3) is 0.250. The highest BCUT2D eigenvalue weighted by atomic mass is 16.5. The van der Waals surface area contributed by atoms with Crippen LogP contribution in [0.3, 0.4) is 0 Å². The van der Waals surface area contributed by atoms with Gasteiger partial charge in [0, 0.05) is 11.1 Å². The molecule has 8 heteroatoms. The number of nitrogens with one attached hydrogen (secondary N) is 1. The second-order valence-corrected chi connectivity index (χ2v) is 7.01. The Labute approximate surface area is 186 Å². The molecule has 2 aromatic carbocycles. The molecular weight excluding hydrogens is 408 g/mol. The van der Waals surface area contributed by atoms with E-state index in [4.69, 9.17) is 24.7 Å². The Morgan fingerprint density at radius 2 is 1.94 bits per heavy atom. The smallest absolute Gasteiger partial charge is 0.244 e. The molecule has 4 rings (SSSR count). The first-order valence-electron chi connectivity index (χ1n) is 10.3. The summed E-state index contributed by atoms with van der Waals surface area (Å²) in [6, 6.07) is 15.4. The number of H-pyrrole nitrogens is 1. The van der Waals surface area contributed by atoms with Gasteiger partial charge < -0.3 is 24.7 Å². The van der Waals surface area contributed by atoms with E-state index in [0.29, 0.717) is 41.9 Å². The van der Waals surface area contributed by atoms with Crippen molar-refractivity contribution >= 4 is 0 Å². The molecular formula is C24H24N4O4. The summed E-state index contributed by atoms with van der Waals surface area (Å²) in [5.74, 6) is 1.60. The second-order valence-electron chi connectivity index (χ2n) is 7.01. The van der Waals surface area contributed by atoms with Crippen LogP contribution < -0.4 is 24.7 Å². The SMILES string of the molecule is CCOc1cccc(-c2[nH]nc3c2C(c2cccc(OC)c2OCC)C(C#N)=C(N)O3)c1. The minimum atomic E-state index is -0.565. The van der Waals surface area contributed by atoms with Crippen molar-refractivity contribution in [3.63, 3.8) is 0 Å². The Kier molecular flexibility index (Phi) is 5.90. The van der Waals surface area contributed by atoms with Crippen LogP contribution in [0.4, 0.5) is 0 Å². The van der Waals surface area contributed by atoms with Crippen molar-refractivity contribution in [1.82, 2.24) is 10.2 Å². The summed E-state index contributed by atoms with van der Waals surface area (Å²) in [7, 11) is 1.58. The largest absolute Gasteiger partial charge is 0.494 e. The molecule has 2 heterocycles. The van der Waals surface area contributed by atoms with E-state index in [1.807, 2.05) is 56.3 Å². The van der Waals surface area contributed by atoms with Gasteiger partial charge >= 0.3 is 0 Å². The summed E-state index contributed by atoms with van der Waals surface area (Å²) in [6.45, 7) is 4.80. The highest BCUT2D eigenvalue weighted by Gasteiger charge is 2.37. The number of ether oxygens (including phenoxy) is 4. The highest BCUT2D eigenvalue weighted by molar-refractivity contribution is 5.73. The third-order valence-electron chi connectivity index (χ3n) is 5.20. The van der Waals surface area contributed by atoms with Gasteiger partial charge in [0.1, 0.15) is 17.4 Å². The first-order valence-corrected chi connectivity index (χ1v) is 10.3. The van der Waals surface area contributed by atoms with Gasteiger partial charge in [-0.3, -0.25) is 5.10 Å². The van der Waals surface area contributed by atoms with Crippen LogP contribution in [0.1, 0.15) is 30.9 Å². The van der Waals surface area contributed by atoms with E-state index in [2.05, 4.69) is 16.3 Å². The summed E-state index contributed by atoms with van der Waals surface area (Å²) in [5.41, 5.74) is 9.38. The zero-order valence-electron chi connectivity index (χ0n) is 18.1. The number of aromatic amines is 1. The van der Waals surface area contributed by atoms with Crippen LogP contribution >= 0.6 is 0 Å². The molecule has 1 aliphatic heterocycles. The summed E-state index contributed by atoms with van der Waals surface area (Å²) >= 11 is 0. The van der Waals surface area contributed by atoms with Crippen molar-refractivity contribution in [2.24, 2.45) is 5.73 Å². The number of aromatic nitrogens is 2. The number of nitrogens with two attached hydrogens (primary N) is 1. The second kappa shape index (κ2) is 8.94. The van der Waals surface area contributed by atoms with Gasteiger partial charge in [-0.25, -0.2) is 0 Å². The van der Waals surface area contributed by atoms with Gasteiger partial charge in [0.05, 0.1) is 37.5 Å². The molecule has 0 saturated carbocycles. The number of hydrogen-bond acceptors (Lipinski definition) is 7. The number of nitrogens with zero attached hydrogens (tertiary/aromatic N) is 2. The van der Waals surface area contributed by atoms with Crippen molar-refractivity contribution < 1.29 is 18.9 Å². The Balaban J connectivity index is 1.95. The maximum absolute atomic E-state index is 9.99. The number of fused-ring (bicyclic) bond motifs is 1. The first-order chi connectivity index (χ1) is 15.6. The Bertz CT molecular complexity index is 1210. The number of nitriles is 1. The standard InChI is InChI=1S/C24H24N4O4/c1-4-30-15-9-6-8-14(12-15)21-20-19(17(13-25)23(26)32-24(20)28-27-21)16-10-7-11-18(29-3)22(16)31-5-2/h6-12,19H,4-5,26H2,1-3H3,(H,27,28). The van der Waals surface area contributed by atoms with E-state index in [-0.39, 0.29) is 11.5 Å². The van der Waals surface area contributed by atoms with Crippen LogP contribution in [-0.4, -0.2) is 30.5 Å². The maximum atomic E-state index is 9.99. The Hall–Kier alpha value is -4.12. The fourth-order valence-corrected chi connectivity index (χ4v) is 3.90. The molecule has 1 unspecified atom stereocenters. The van der Waals surface area contributed by atoms with E-state index in [0.717, 1.165) is 16.9 Å². The van der Waals surface area contributed by atoms with E-state index < -0.39 is 5.92 Å². The van der Waals surface area contributed by atoms with Gasteiger partial charge in [-0.1, -0.05) is 24.3 Å². The molecule has 0 saturated heterocycles. The van der Waals surface area contributed by atoms with Crippen LogP contribution in [-0.2, 0) is 0 Å². The Morgan fingerprint density at radius 3 is 2.66 bits per heavy atom. The zero-order valence-corrected chi connectivity index (χ0v) is 18.1. The predicted molar refractivity (Wildman–Crippen MR) is 119 cm³/mol. The topological polar surface area (TPSA) is 115 Å². The molecule has 1 aliphatic rings. The summed E-state index contributed by atoms with van der Waals surface area (Å²) in [6.07, 6.45) is 0. The molecule has 0 aliphatic carbocycles. The summed E-state index contributed by atoms with van der Waals surface area (Å²) < 4.78 is 22.8. The van der Waals surface area contributed by atoms with E-state index >= 15 is 0 Å². The van der Waals surface area contributed by atoms with Gasteiger partial charge in [-0.2, -0.15) is 5.26 Å². The third kappa shape index (κ3) is 3.58. The number of hydrogen-bond donors (Lipinski definition) is 2. The normalized spacial score (nSPS) is 14.9. The van der Waals surface area contributed by atoms with Gasteiger partial charge in [0.2, 0.25) is 11.8 Å². The number of para-hydroxylation sites is 1. The predicted octanol–water partition coefficient (Wildman–Crippen LogP) is 4.10. The number of benzene rings is 2. The molecule has 1 atom stereocenters. The van der Waals surface area contributed by atoms with Crippen molar-refractivity contribution in [2.45, 2.75) is 19.8 Å². The lowest BCUT2D eigenvalue weighted by molar-refractivity contribution is 0.306. The van der Waals surface area contributed by atoms with Gasteiger partial charge in [-0.05, 0) is 32.0 Å². The van der Waals surface area contributed by atoms with Crippen LogP contribution in [0, 0.1) is 11.3 Å². The fourth-order valence-electron chi connectivity index (χ4n) is 3.90. The van der Waals surface area contributed by atoms with Crippen LogP contribution in [0.5, 0.6) is 23.1 Å². The van der Waals surface area contributed by atoms with Crippen molar-refractivity contribution in [3.05, 3.63) is 65.0 Å². The minimum absolute atomic E-state index is 0.0105. The van der Waals surface area contributed by atoms with Gasteiger partial charge in [0.15, 0.2) is 11.5 Å². The number of rotatable bonds is 7. The summed E-state index contributed by atoms with van der Waals surface area (Å²) in [5, 5.41) is 17.4. The molecule has 1 aromatic heterocycles. The van der Waals surface area contributed by atoms with Gasteiger partial charge in [-0.15, -0.1) is 5.10 Å². The van der Waals surface area contributed by atoms with Crippen LogP contribution in [0.15, 0.2) is 53.9 Å². The molecule has 3 N–H and O–H groups in total. The lowest BCUT2D eigenvalue weighted by atomic mass is 9.82. The van der Waals surface area contributed by atoms with Crippen LogP contribution in [0.2, 0.25) is 0 Å². The monoisotopic (exact) mass is 432 g/mol. The lowest BCUT2D eigenvalue weighted by Gasteiger charge is -2.26. The van der Waals surface area contributed by atoms with Crippen LogP contribution in [0.25, 0.3) is 11.3 Å². The molecule has 8 nitrogen and oxygen atoms in total. The van der Waals surface area contributed by atoms with Crippen molar-refractivity contribution in [1.29, 1.82) is 5.26 Å². The Morgan fingerprint density at radius 1 is 1.16 bits per heavy atom. The average molecular weight is 432 g/mol. The maximum Gasteiger partial charge on any atom is 0.244 e. The van der Waals surface area contributed by atoms with Crippen molar-refractivity contribution in [2.75, 3.05) is 20.3 Å². The van der Waals surface area contributed by atoms with E-state index in [9.17, 15) is 5.26 Å².